The summed E-state index contributed by atoms with van der Waals surface area (Å²) < 4.78 is 11.4. The fraction of sp³-hybridized carbons (Fsp3) is 0.188. The molecule has 0 aliphatic heterocycles. The Morgan fingerprint density at radius 3 is 2.30 bits per heavy atom. The van der Waals surface area contributed by atoms with E-state index in [0.717, 1.165) is 0 Å². The van der Waals surface area contributed by atoms with Crippen LogP contribution in [-0.4, -0.2) is 12.6 Å². The molecule has 2 rings (SSSR count). The van der Waals surface area contributed by atoms with Gasteiger partial charge in [-0.25, -0.2) is 0 Å². The van der Waals surface area contributed by atoms with Crippen molar-refractivity contribution in [1.29, 1.82) is 0 Å². The highest BCUT2D eigenvalue weighted by atomic mass is 79.9. The molecule has 0 spiro atoms. The van der Waals surface area contributed by atoms with Gasteiger partial charge in [0, 0.05) is 16.5 Å². The lowest BCUT2D eigenvalue weighted by atomic mass is 10.3. The summed E-state index contributed by atoms with van der Waals surface area (Å²) in [5.41, 5.74) is 0. The number of ether oxygens (including phenoxy) is 2. The van der Waals surface area contributed by atoms with E-state index < -0.39 is 0 Å². The molecule has 0 radical (unpaired) electrons. The van der Waals surface area contributed by atoms with Gasteiger partial charge in [0.1, 0.15) is 11.5 Å². The first kappa shape index (κ1) is 18.4. The standard InChI is InChI=1S/C16H12BrCl3O3/c17-12-8-10(18)3-5-14(12)23-16(21)2-1-7-22-15-6-4-11(19)9-13(15)20/h3-6,8-9H,1-2,7H2. The molecule has 0 atom stereocenters. The van der Waals surface area contributed by atoms with E-state index in [9.17, 15) is 4.79 Å². The summed E-state index contributed by atoms with van der Waals surface area (Å²) in [4.78, 5) is 11.8. The third-order valence-corrected chi connectivity index (χ3v) is 4.18. The minimum Gasteiger partial charge on any atom is -0.492 e. The van der Waals surface area contributed by atoms with Crippen LogP contribution < -0.4 is 9.47 Å². The predicted octanol–water partition coefficient (Wildman–Crippen LogP) is 6.17. The molecule has 3 nitrogen and oxygen atoms in total. The molecule has 0 aliphatic carbocycles. The summed E-state index contributed by atoms with van der Waals surface area (Å²) in [5, 5.41) is 1.54. The number of carbonyl (C=O) groups excluding carboxylic acids is 1. The summed E-state index contributed by atoms with van der Waals surface area (Å²) in [5.74, 6) is 0.616. The summed E-state index contributed by atoms with van der Waals surface area (Å²) in [6.07, 6.45) is 0.725. The Kier molecular flexibility index (Phi) is 7.03. The van der Waals surface area contributed by atoms with Gasteiger partial charge in [0.2, 0.25) is 0 Å². The van der Waals surface area contributed by atoms with Crippen molar-refractivity contribution in [2.75, 3.05) is 6.61 Å². The monoisotopic (exact) mass is 436 g/mol. The number of halogens is 4. The van der Waals surface area contributed by atoms with Crippen LogP contribution in [0.2, 0.25) is 15.1 Å². The van der Waals surface area contributed by atoms with E-state index in [0.29, 0.717) is 44.1 Å². The molecule has 0 N–H and O–H groups in total. The summed E-state index contributed by atoms with van der Waals surface area (Å²) in [6.45, 7) is 0.345. The highest BCUT2D eigenvalue weighted by molar-refractivity contribution is 9.10. The molecule has 0 aromatic heterocycles. The Labute approximate surface area is 157 Å². The van der Waals surface area contributed by atoms with Crippen LogP contribution in [0.5, 0.6) is 11.5 Å². The zero-order chi connectivity index (χ0) is 16.8. The van der Waals surface area contributed by atoms with E-state index in [1.807, 2.05) is 0 Å². The summed E-state index contributed by atoms with van der Waals surface area (Å²) >= 11 is 20.9. The van der Waals surface area contributed by atoms with Gasteiger partial charge in [-0.15, -0.1) is 0 Å². The van der Waals surface area contributed by atoms with Crippen molar-refractivity contribution in [2.24, 2.45) is 0 Å². The predicted molar refractivity (Wildman–Crippen MR) is 96.0 cm³/mol. The molecular formula is C16H12BrCl3O3. The third-order valence-electron chi connectivity index (χ3n) is 2.79. The molecule has 0 saturated heterocycles. The zero-order valence-corrected chi connectivity index (χ0v) is 15.7. The van der Waals surface area contributed by atoms with Crippen LogP contribution in [0.3, 0.4) is 0 Å². The molecule has 7 heteroatoms. The van der Waals surface area contributed by atoms with E-state index in [-0.39, 0.29) is 12.4 Å². The molecule has 0 fully saturated rings. The largest absolute Gasteiger partial charge is 0.492 e. The van der Waals surface area contributed by atoms with Crippen molar-refractivity contribution in [1.82, 2.24) is 0 Å². The van der Waals surface area contributed by atoms with Gasteiger partial charge in [0.15, 0.2) is 0 Å². The Morgan fingerprint density at radius 1 is 1.00 bits per heavy atom. The Balaban J connectivity index is 1.76. The SMILES string of the molecule is O=C(CCCOc1ccc(Cl)cc1Cl)Oc1ccc(Cl)cc1Br. The smallest absolute Gasteiger partial charge is 0.311 e. The second-order valence-corrected chi connectivity index (χ2v) is 6.71. The maximum Gasteiger partial charge on any atom is 0.311 e. The van der Waals surface area contributed by atoms with Gasteiger partial charge in [-0.05, 0) is 58.7 Å². The number of hydrogen-bond donors (Lipinski definition) is 0. The lowest BCUT2D eigenvalue weighted by molar-refractivity contribution is -0.134. The van der Waals surface area contributed by atoms with E-state index in [1.165, 1.54) is 0 Å². The summed E-state index contributed by atoms with van der Waals surface area (Å²) in [7, 11) is 0. The number of benzene rings is 2. The van der Waals surface area contributed by atoms with Crippen LogP contribution in [0.25, 0.3) is 0 Å². The number of esters is 1. The van der Waals surface area contributed by atoms with Crippen molar-refractivity contribution < 1.29 is 14.3 Å². The lowest BCUT2D eigenvalue weighted by Crippen LogP contribution is -2.10. The van der Waals surface area contributed by atoms with E-state index in [2.05, 4.69) is 15.9 Å². The second-order valence-electron chi connectivity index (χ2n) is 4.58. The Bertz CT molecular complexity index is 707. The quantitative estimate of drug-likeness (QED) is 0.307. The van der Waals surface area contributed by atoms with Crippen LogP contribution in [0.15, 0.2) is 40.9 Å². The molecule has 2 aromatic rings. The number of rotatable bonds is 6. The third kappa shape index (κ3) is 5.88. The van der Waals surface area contributed by atoms with Crippen molar-refractivity contribution in [3.05, 3.63) is 55.9 Å². The summed E-state index contributed by atoms with van der Waals surface area (Å²) in [6, 6.07) is 9.93. The van der Waals surface area contributed by atoms with Crippen molar-refractivity contribution >= 4 is 56.7 Å². The first-order valence-electron chi connectivity index (χ1n) is 6.69. The molecule has 2 aromatic carbocycles. The van der Waals surface area contributed by atoms with Crippen LogP contribution in [-0.2, 0) is 4.79 Å². The minimum atomic E-state index is -0.348. The van der Waals surface area contributed by atoms with Gasteiger partial charge in [0.05, 0.1) is 16.1 Å². The van der Waals surface area contributed by atoms with E-state index in [4.69, 9.17) is 44.3 Å². The van der Waals surface area contributed by atoms with E-state index in [1.54, 1.807) is 36.4 Å². The average Bonchev–Trinajstić information content (AvgIpc) is 2.48. The van der Waals surface area contributed by atoms with Gasteiger partial charge in [-0.1, -0.05) is 34.8 Å². The molecule has 0 bridgehead atoms. The topological polar surface area (TPSA) is 35.5 Å². The lowest BCUT2D eigenvalue weighted by Gasteiger charge is -2.09. The fourth-order valence-corrected chi connectivity index (χ4v) is 2.95. The molecule has 122 valence electrons. The molecule has 0 aliphatic rings. The minimum absolute atomic E-state index is 0.222. The van der Waals surface area contributed by atoms with Crippen molar-refractivity contribution in [3.8, 4) is 11.5 Å². The van der Waals surface area contributed by atoms with Crippen LogP contribution in [0.1, 0.15) is 12.8 Å². The number of hydrogen-bond acceptors (Lipinski definition) is 3. The van der Waals surface area contributed by atoms with Crippen LogP contribution in [0.4, 0.5) is 0 Å². The highest BCUT2D eigenvalue weighted by Crippen LogP contribution is 2.29. The molecule has 0 amide bonds. The number of carbonyl (C=O) groups is 1. The maximum atomic E-state index is 11.8. The first-order valence-corrected chi connectivity index (χ1v) is 8.62. The second kappa shape index (κ2) is 8.78. The van der Waals surface area contributed by atoms with E-state index >= 15 is 0 Å². The maximum absolute atomic E-state index is 11.8. The molecule has 0 heterocycles. The first-order chi connectivity index (χ1) is 11.0. The highest BCUT2D eigenvalue weighted by Gasteiger charge is 2.09. The van der Waals surface area contributed by atoms with Gasteiger partial charge in [0.25, 0.3) is 0 Å². The van der Waals surface area contributed by atoms with Gasteiger partial charge in [-0.2, -0.15) is 0 Å². The van der Waals surface area contributed by atoms with Crippen LogP contribution in [0, 0.1) is 0 Å². The fourth-order valence-electron chi connectivity index (χ4n) is 1.72. The Morgan fingerprint density at radius 2 is 1.65 bits per heavy atom. The van der Waals surface area contributed by atoms with Crippen molar-refractivity contribution in [2.45, 2.75) is 12.8 Å². The van der Waals surface area contributed by atoms with Gasteiger partial charge in [-0.3, -0.25) is 4.79 Å². The van der Waals surface area contributed by atoms with Gasteiger partial charge < -0.3 is 9.47 Å². The average molecular weight is 439 g/mol. The zero-order valence-electron chi connectivity index (χ0n) is 11.8. The Hall–Kier alpha value is -0.940. The normalized spacial score (nSPS) is 10.4. The molecular weight excluding hydrogens is 426 g/mol. The molecule has 0 unspecified atom stereocenters. The molecule has 0 saturated carbocycles. The molecule has 23 heavy (non-hydrogen) atoms. The van der Waals surface area contributed by atoms with Crippen LogP contribution >= 0.6 is 50.7 Å². The van der Waals surface area contributed by atoms with Crippen molar-refractivity contribution in [3.63, 3.8) is 0 Å². The van der Waals surface area contributed by atoms with Gasteiger partial charge >= 0.3 is 5.97 Å².